The quantitative estimate of drug-likeness (QED) is 0.182. The molecule has 178 valence electrons. The zero-order chi connectivity index (χ0) is 22.8. The minimum Gasteiger partial charge on any atom is -0.481 e. The van der Waals surface area contributed by atoms with Gasteiger partial charge in [0, 0.05) is 6.42 Å². The van der Waals surface area contributed by atoms with E-state index in [-0.39, 0.29) is 6.42 Å². The molecule has 0 radical (unpaired) electrons. The van der Waals surface area contributed by atoms with Crippen LogP contribution in [0.5, 0.6) is 0 Å². The first-order chi connectivity index (χ1) is 14.3. The van der Waals surface area contributed by atoms with Crippen LogP contribution in [0.15, 0.2) is 0 Å². The Balaban J connectivity index is 5.55. The molecule has 0 amide bonds. The topological polar surface area (TPSA) is 74.6 Å². The molecular formula is C26H50O4. The van der Waals surface area contributed by atoms with Gasteiger partial charge < -0.3 is 10.2 Å². The molecule has 0 saturated heterocycles. The highest BCUT2D eigenvalue weighted by molar-refractivity contribution is 5.75. The van der Waals surface area contributed by atoms with Crippen molar-refractivity contribution >= 4 is 11.9 Å². The maximum atomic E-state index is 12.7. The fourth-order valence-corrected chi connectivity index (χ4v) is 5.13. The molecule has 0 aromatic rings. The summed E-state index contributed by atoms with van der Waals surface area (Å²) in [4.78, 5) is 23.8. The summed E-state index contributed by atoms with van der Waals surface area (Å²) < 4.78 is 0. The Morgan fingerprint density at radius 1 is 0.667 bits per heavy atom. The number of carboxylic acids is 2. The molecule has 2 N–H and O–H groups in total. The number of carbonyl (C=O) groups is 2. The van der Waals surface area contributed by atoms with Gasteiger partial charge in [-0.2, -0.15) is 0 Å². The summed E-state index contributed by atoms with van der Waals surface area (Å²) in [5.74, 6) is -0.655. The van der Waals surface area contributed by atoms with Gasteiger partial charge in [-0.25, -0.2) is 0 Å². The number of hydrogen-bond donors (Lipinski definition) is 2. The third-order valence-electron chi connectivity index (χ3n) is 6.68. The second kappa shape index (κ2) is 17.6. The Hall–Kier alpha value is -1.06. The van der Waals surface area contributed by atoms with Crippen molar-refractivity contribution in [3.05, 3.63) is 0 Å². The Labute approximate surface area is 186 Å². The molecule has 0 aromatic heterocycles. The van der Waals surface area contributed by atoms with Gasteiger partial charge >= 0.3 is 11.9 Å². The lowest BCUT2D eigenvalue weighted by Gasteiger charge is -2.36. The molecule has 4 nitrogen and oxygen atoms in total. The van der Waals surface area contributed by atoms with E-state index in [0.29, 0.717) is 37.5 Å². The molecule has 0 fully saturated rings. The number of hydrogen-bond acceptors (Lipinski definition) is 2. The Morgan fingerprint density at radius 2 is 1.13 bits per heavy atom. The molecule has 0 spiro atoms. The van der Waals surface area contributed by atoms with Gasteiger partial charge in [0.05, 0.1) is 5.41 Å². The predicted molar refractivity (Wildman–Crippen MR) is 126 cm³/mol. The average Bonchev–Trinajstić information content (AvgIpc) is 2.68. The van der Waals surface area contributed by atoms with Crippen molar-refractivity contribution in [2.45, 2.75) is 137 Å². The largest absolute Gasteiger partial charge is 0.481 e. The number of unbranched alkanes of at least 4 members (excludes halogenated alkanes) is 4. The van der Waals surface area contributed by atoms with E-state index in [2.05, 4.69) is 27.7 Å². The molecule has 0 bridgehead atoms. The highest BCUT2D eigenvalue weighted by Crippen LogP contribution is 2.43. The van der Waals surface area contributed by atoms with Crippen LogP contribution in [0.25, 0.3) is 0 Å². The van der Waals surface area contributed by atoms with Crippen molar-refractivity contribution in [3.63, 3.8) is 0 Å². The van der Waals surface area contributed by atoms with Crippen LogP contribution >= 0.6 is 0 Å². The van der Waals surface area contributed by atoms with Crippen molar-refractivity contribution in [3.8, 4) is 0 Å². The Morgan fingerprint density at radius 3 is 1.47 bits per heavy atom. The maximum absolute atomic E-state index is 12.7. The lowest BCUT2D eigenvalue weighted by molar-refractivity contribution is -0.153. The Kier molecular flexibility index (Phi) is 17.0. The van der Waals surface area contributed by atoms with E-state index in [9.17, 15) is 14.7 Å². The smallest absolute Gasteiger partial charge is 0.309 e. The third kappa shape index (κ3) is 12.6. The van der Waals surface area contributed by atoms with Gasteiger partial charge in [-0.05, 0) is 37.5 Å². The molecule has 0 saturated carbocycles. The monoisotopic (exact) mass is 426 g/mol. The molecule has 2 unspecified atom stereocenters. The molecule has 0 aromatic carbocycles. The molecular weight excluding hydrogens is 376 g/mol. The second-order valence-electron chi connectivity index (χ2n) is 9.54. The van der Waals surface area contributed by atoms with Crippen LogP contribution in [0, 0.1) is 17.3 Å². The molecule has 0 rings (SSSR count). The first-order valence-corrected chi connectivity index (χ1v) is 12.8. The first-order valence-electron chi connectivity index (χ1n) is 12.8. The van der Waals surface area contributed by atoms with E-state index in [1.54, 1.807) is 0 Å². The maximum Gasteiger partial charge on any atom is 0.309 e. The number of aliphatic carboxylic acids is 2. The average molecular weight is 427 g/mol. The highest BCUT2D eigenvalue weighted by Gasteiger charge is 2.41. The fraction of sp³-hybridized carbons (Fsp3) is 0.923. The van der Waals surface area contributed by atoms with Crippen LogP contribution in [0.2, 0.25) is 0 Å². The third-order valence-corrected chi connectivity index (χ3v) is 6.68. The molecule has 0 aliphatic heterocycles. The number of rotatable bonds is 21. The second-order valence-corrected chi connectivity index (χ2v) is 9.54. The van der Waals surface area contributed by atoms with Crippen molar-refractivity contribution in [1.82, 2.24) is 0 Å². The molecule has 0 aliphatic rings. The summed E-state index contributed by atoms with van der Waals surface area (Å²) >= 11 is 0. The summed E-state index contributed by atoms with van der Waals surface area (Å²) in [5, 5.41) is 19.5. The zero-order valence-corrected chi connectivity index (χ0v) is 20.4. The van der Waals surface area contributed by atoms with Gasteiger partial charge in [0.2, 0.25) is 0 Å². The van der Waals surface area contributed by atoms with Crippen LogP contribution in [-0.4, -0.2) is 22.2 Å². The van der Waals surface area contributed by atoms with Crippen LogP contribution in [0.3, 0.4) is 0 Å². The van der Waals surface area contributed by atoms with Crippen molar-refractivity contribution < 1.29 is 19.8 Å². The summed E-state index contributed by atoms with van der Waals surface area (Å²) in [6.07, 6.45) is 16.1. The van der Waals surface area contributed by atoms with E-state index < -0.39 is 17.4 Å². The lowest BCUT2D eigenvalue weighted by atomic mass is 9.67. The lowest BCUT2D eigenvalue weighted by Crippen LogP contribution is -2.36. The zero-order valence-electron chi connectivity index (χ0n) is 20.4. The van der Waals surface area contributed by atoms with Gasteiger partial charge in [0.25, 0.3) is 0 Å². The van der Waals surface area contributed by atoms with E-state index >= 15 is 0 Å². The predicted octanol–water partition coefficient (Wildman–Crippen LogP) is 8.09. The minimum atomic E-state index is -0.824. The van der Waals surface area contributed by atoms with Crippen LogP contribution in [0.4, 0.5) is 0 Å². The molecule has 30 heavy (non-hydrogen) atoms. The van der Waals surface area contributed by atoms with Gasteiger partial charge in [-0.15, -0.1) is 0 Å². The summed E-state index contributed by atoms with van der Waals surface area (Å²) in [6, 6.07) is 0. The normalized spacial score (nSPS) is 15.5. The van der Waals surface area contributed by atoms with Gasteiger partial charge in [0.15, 0.2) is 0 Å². The van der Waals surface area contributed by atoms with Gasteiger partial charge in [-0.1, -0.05) is 105 Å². The van der Waals surface area contributed by atoms with Crippen molar-refractivity contribution in [1.29, 1.82) is 0 Å². The van der Waals surface area contributed by atoms with Crippen LogP contribution < -0.4 is 0 Å². The molecule has 2 atom stereocenters. The number of carboxylic acid groups (broad SMARTS) is 2. The molecule has 4 heteroatoms. The first kappa shape index (κ1) is 28.9. The van der Waals surface area contributed by atoms with Crippen molar-refractivity contribution in [2.24, 2.45) is 17.3 Å². The van der Waals surface area contributed by atoms with Gasteiger partial charge in [0.1, 0.15) is 0 Å². The van der Waals surface area contributed by atoms with Gasteiger partial charge in [-0.3, -0.25) is 9.59 Å². The minimum absolute atomic E-state index is 0.0671. The Bertz CT molecular complexity index is 424. The van der Waals surface area contributed by atoms with E-state index in [1.165, 1.54) is 38.5 Å². The fourth-order valence-electron chi connectivity index (χ4n) is 5.13. The van der Waals surface area contributed by atoms with Crippen molar-refractivity contribution in [2.75, 3.05) is 0 Å². The van der Waals surface area contributed by atoms with E-state index in [0.717, 1.165) is 38.5 Å². The van der Waals surface area contributed by atoms with Crippen LogP contribution in [-0.2, 0) is 9.59 Å². The highest BCUT2D eigenvalue weighted by atomic mass is 16.4. The van der Waals surface area contributed by atoms with E-state index in [1.807, 2.05) is 0 Å². The summed E-state index contributed by atoms with van der Waals surface area (Å²) in [7, 11) is 0. The molecule has 0 heterocycles. The molecule has 0 aliphatic carbocycles. The van der Waals surface area contributed by atoms with Crippen LogP contribution in [0.1, 0.15) is 137 Å². The van der Waals surface area contributed by atoms with E-state index in [4.69, 9.17) is 5.11 Å². The summed E-state index contributed by atoms with van der Waals surface area (Å²) in [5.41, 5.74) is -0.770. The standard InChI is InChI=1S/C26H50O4/c1-5-9-11-16-22(14-7-3)20-26(25(29)30,19-13-18-24(27)28)21-23(15-8-4)17-12-10-6-2/h22-23H,5-21H2,1-4H3,(H,27,28)(H,29,30). The summed E-state index contributed by atoms with van der Waals surface area (Å²) in [6.45, 7) is 8.77. The SMILES string of the molecule is CCCCCC(CCC)CC(CCCC(=O)O)(CC(CCC)CCCCC)C(=O)O.